The van der Waals surface area contributed by atoms with Crippen LogP contribution >= 0.6 is 0 Å². The molecule has 0 spiro atoms. The Hall–Kier alpha value is -3.74. The van der Waals surface area contributed by atoms with Gasteiger partial charge in [0.1, 0.15) is 22.9 Å². The molecule has 0 radical (unpaired) electrons. The predicted molar refractivity (Wildman–Crippen MR) is 89.9 cm³/mol. The molecular formula is C18H13N3O4. The summed E-state index contributed by atoms with van der Waals surface area (Å²) in [7, 11) is 0. The molecule has 3 rings (SSSR count). The van der Waals surface area contributed by atoms with E-state index in [0.717, 1.165) is 0 Å². The molecule has 1 amide bonds. The zero-order chi connectivity index (χ0) is 17.6. The van der Waals surface area contributed by atoms with Gasteiger partial charge in [-0.05, 0) is 48.5 Å². The summed E-state index contributed by atoms with van der Waals surface area (Å²) >= 11 is 0. The van der Waals surface area contributed by atoms with Gasteiger partial charge in [-0.25, -0.2) is 9.78 Å². The quantitative estimate of drug-likeness (QED) is 0.742. The van der Waals surface area contributed by atoms with Crippen LogP contribution in [-0.2, 0) is 0 Å². The lowest BCUT2D eigenvalue weighted by Gasteiger charge is -2.08. The van der Waals surface area contributed by atoms with Gasteiger partial charge in [-0.2, -0.15) is 0 Å². The Morgan fingerprint density at radius 2 is 1.52 bits per heavy atom. The number of rotatable bonds is 5. The number of hydrogen-bond acceptors (Lipinski definition) is 5. The molecule has 0 unspecified atom stereocenters. The molecule has 0 aliphatic rings. The SMILES string of the molecule is O=C(O)c1cccc(C(=O)Nc2ccc(Oc3ccncc3)cc2)n1. The van der Waals surface area contributed by atoms with Gasteiger partial charge in [0, 0.05) is 18.1 Å². The van der Waals surface area contributed by atoms with Crippen molar-refractivity contribution in [2.24, 2.45) is 0 Å². The fourth-order valence-corrected chi connectivity index (χ4v) is 2.02. The molecule has 124 valence electrons. The van der Waals surface area contributed by atoms with Crippen molar-refractivity contribution >= 4 is 17.6 Å². The summed E-state index contributed by atoms with van der Waals surface area (Å²) in [6, 6.07) is 14.5. The molecule has 0 aliphatic carbocycles. The molecule has 25 heavy (non-hydrogen) atoms. The number of aromatic nitrogens is 2. The van der Waals surface area contributed by atoms with Crippen LogP contribution in [0.1, 0.15) is 21.0 Å². The van der Waals surface area contributed by atoms with Gasteiger partial charge in [0.2, 0.25) is 0 Å². The Morgan fingerprint density at radius 3 is 2.20 bits per heavy atom. The Balaban J connectivity index is 1.68. The first-order valence-electron chi connectivity index (χ1n) is 7.31. The van der Waals surface area contributed by atoms with Gasteiger partial charge >= 0.3 is 5.97 Å². The van der Waals surface area contributed by atoms with E-state index in [1.807, 2.05) is 0 Å². The van der Waals surface area contributed by atoms with Crippen LogP contribution in [0.25, 0.3) is 0 Å². The number of aromatic carboxylic acids is 1. The highest BCUT2D eigenvalue weighted by molar-refractivity contribution is 6.03. The number of ether oxygens (including phenoxy) is 1. The number of nitrogens with one attached hydrogen (secondary N) is 1. The lowest BCUT2D eigenvalue weighted by Crippen LogP contribution is -2.15. The number of amides is 1. The molecule has 3 aromatic rings. The van der Waals surface area contributed by atoms with Crippen LogP contribution in [0.15, 0.2) is 67.0 Å². The van der Waals surface area contributed by atoms with Crippen molar-refractivity contribution in [3.05, 3.63) is 78.4 Å². The minimum absolute atomic E-state index is 0.0250. The van der Waals surface area contributed by atoms with Crippen molar-refractivity contribution in [1.29, 1.82) is 0 Å². The summed E-state index contributed by atoms with van der Waals surface area (Å²) < 4.78 is 5.63. The van der Waals surface area contributed by atoms with Crippen LogP contribution in [0.4, 0.5) is 5.69 Å². The Morgan fingerprint density at radius 1 is 0.880 bits per heavy atom. The number of carbonyl (C=O) groups excluding carboxylic acids is 1. The average Bonchev–Trinajstić information content (AvgIpc) is 2.64. The summed E-state index contributed by atoms with van der Waals surface area (Å²) in [6.07, 6.45) is 3.25. The number of anilines is 1. The van der Waals surface area contributed by atoms with Gasteiger partial charge in [-0.1, -0.05) is 6.07 Å². The van der Waals surface area contributed by atoms with Crippen molar-refractivity contribution in [3.8, 4) is 11.5 Å². The van der Waals surface area contributed by atoms with Crippen molar-refractivity contribution in [1.82, 2.24) is 9.97 Å². The van der Waals surface area contributed by atoms with Crippen LogP contribution in [0, 0.1) is 0 Å². The Bertz CT molecular complexity index is 896. The molecule has 0 bridgehead atoms. The van der Waals surface area contributed by atoms with E-state index < -0.39 is 11.9 Å². The maximum absolute atomic E-state index is 12.2. The third-order valence-electron chi connectivity index (χ3n) is 3.20. The molecule has 0 fully saturated rings. The number of nitrogens with zero attached hydrogens (tertiary/aromatic N) is 2. The van der Waals surface area contributed by atoms with Crippen LogP contribution in [-0.4, -0.2) is 27.0 Å². The van der Waals surface area contributed by atoms with Crippen LogP contribution < -0.4 is 10.1 Å². The van der Waals surface area contributed by atoms with E-state index in [2.05, 4.69) is 15.3 Å². The maximum atomic E-state index is 12.2. The second-order valence-electron chi connectivity index (χ2n) is 4.98. The average molecular weight is 335 g/mol. The monoisotopic (exact) mass is 335 g/mol. The maximum Gasteiger partial charge on any atom is 0.354 e. The van der Waals surface area contributed by atoms with Gasteiger partial charge in [0.15, 0.2) is 0 Å². The van der Waals surface area contributed by atoms with Gasteiger partial charge in [-0.15, -0.1) is 0 Å². The largest absolute Gasteiger partial charge is 0.477 e. The molecule has 0 saturated heterocycles. The van der Waals surface area contributed by atoms with Gasteiger partial charge in [-0.3, -0.25) is 9.78 Å². The summed E-state index contributed by atoms with van der Waals surface area (Å²) in [5.41, 5.74) is 0.375. The predicted octanol–water partition coefficient (Wildman–Crippen LogP) is 3.22. The van der Waals surface area contributed by atoms with Gasteiger partial charge in [0.25, 0.3) is 5.91 Å². The molecule has 0 saturated carbocycles. The van der Waals surface area contributed by atoms with Crippen molar-refractivity contribution in [3.63, 3.8) is 0 Å². The molecule has 2 heterocycles. The fourth-order valence-electron chi connectivity index (χ4n) is 2.02. The molecule has 7 nitrogen and oxygen atoms in total. The standard InChI is InChI=1S/C18H13N3O4/c22-17(15-2-1-3-16(21-15)18(23)24)20-12-4-6-13(7-5-12)25-14-8-10-19-11-9-14/h1-11H,(H,20,22)(H,23,24). The van der Waals surface area contributed by atoms with Crippen LogP contribution in [0.2, 0.25) is 0 Å². The molecule has 2 aromatic heterocycles. The van der Waals surface area contributed by atoms with E-state index in [1.54, 1.807) is 48.8 Å². The zero-order valence-electron chi connectivity index (χ0n) is 12.9. The molecule has 2 N–H and O–H groups in total. The number of carboxylic acids is 1. The molecule has 7 heteroatoms. The Kier molecular flexibility index (Phi) is 4.66. The number of hydrogen-bond donors (Lipinski definition) is 2. The van der Waals surface area contributed by atoms with E-state index in [-0.39, 0.29) is 11.4 Å². The smallest absolute Gasteiger partial charge is 0.354 e. The second-order valence-corrected chi connectivity index (χ2v) is 4.98. The molecule has 1 aromatic carbocycles. The highest BCUT2D eigenvalue weighted by Crippen LogP contribution is 2.22. The minimum Gasteiger partial charge on any atom is -0.477 e. The van der Waals surface area contributed by atoms with E-state index >= 15 is 0 Å². The van der Waals surface area contributed by atoms with Crippen molar-refractivity contribution < 1.29 is 19.4 Å². The fraction of sp³-hybridized carbons (Fsp3) is 0. The first-order chi connectivity index (χ1) is 12.1. The molecule has 0 atom stereocenters. The third kappa shape index (κ3) is 4.17. The van der Waals surface area contributed by atoms with Crippen molar-refractivity contribution in [2.75, 3.05) is 5.32 Å². The normalized spacial score (nSPS) is 10.1. The van der Waals surface area contributed by atoms with Crippen molar-refractivity contribution in [2.45, 2.75) is 0 Å². The first kappa shape index (κ1) is 16.1. The molecular weight excluding hydrogens is 322 g/mol. The molecule has 0 aliphatic heterocycles. The van der Waals surface area contributed by atoms with Crippen LogP contribution in [0.3, 0.4) is 0 Å². The summed E-state index contributed by atoms with van der Waals surface area (Å²) in [6.45, 7) is 0. The number of benzene rings is 1. The number of carbonyl (C=O) groups is 2. The summed E-state index contributed by atoms with van der Waals surface area (Å²) in [5.74, 6) is -0.421. The highest BCUT2D eigenvalue weighted by atomic mass is 16.5. The number of carboxylic acid groups (broad SMARTS) is 1. The Labute approximate surface area is 142 Å². The highest BCUT2D eigenvalue weighted by Gasteiger charge is 2.11. The van der Waals surface area contributed by atoms with E-state index in [0.29, 0.717) is 17.2 Å². The zero-order valence-corrected chi connectivity index (χ0v) is 12.9. The van der Waals surface area contributed by atoms with Gasteiger partial charge < -0.3 is 15.2 Å². The third-order valence-corrected chi connectivity index (χ3v) is 3.20. The lowest BCUT2D eigenvalue weighted by molar-refractivity contribution is 0.0690. The minimum atomic E-state index is -1.19. The van der Waals surface area contributed by atoms with E-state index in [1.165, 1.54) is 18.2 Å². The van der Waals surface area contributed by atoms with Crippen LogP contribution in [0.5, 0.6) is 11.5 Å². The second kappa shape index (κ2) is 7.22. The van der Waals surface area contributed by atoms with Gasteiger partial charge in [0.05, 0.1) is 0 Å². The summed E-state index contributed by atoms with van der Waals surface area (Å²) in [5, 5.41) is 11.6. The lowest BCUT2D eigenvalue weighted by atomic mass is 10.2. The van der Waals surface area contributed by atoms with E-state index in [9.17, 15) is 9.59 Å². The summed E-state index contributed by atoms with van der Waals surface area (Å²) in [4.78, 5) is 30.8. The topological polar surface area (TPSA) is 101 Å². The number of pyridine rings is 2. The van der Waals surface area contributed by atoms with E-state index in [4.69, 9.17) is 9.84 Å². The first-order valence-corrected chi connectivity index (χ1v) is 7.31.